The van der Waals surface area contributed by atoms with Gasteiger partial charge in [0.05, 0.1) is 5.69 Å². The minimum absolute atomic E-state index is 0.153. The van der Waals surface area contributed by atoms with Crippen molar-refractivity contribution in [3.8, 4) is 11.4 Å². The molecule has 3 aromatic rings. The molecule has 0 radical (unpaired) electrons. The summed E-state index contributed by atoms with van der Waals surface area (Å²) in [5, 5.41) is 5.29. The second-order valence-corrected chi connectivity index (χ2v) is 6.86. The molecule has 0 aliphatic carbocycles. The predicted molar refractivity (Wildman–Crippen MR) is 96.1 cm³/mol. The molecule has 4 nitrogen and oxygen atoms in total. The SMILES string of the molecule is CCSc1ccc(C(=O)Nc2nc(-c3ccccn3)cs2)cc1. The van der Waals surface area contributed by atoms with Gasteiger partial charge in [0.1, 0.15) is 5.69 Å². The topological polar surface area (TPSA) is 54.9 Å². The predicted octanol–water partition coefficient (Wildman–Crippen LogP) is 4.57. The van der Waals surface area contributed by atoms with E-state index in [1.165, 1.54) is 11.3 Å². The lowest BCUT2D eigenvalue weighted by Crippen LogP contribution is -2.11. The molecule has 3 rings (SSSR count). The van der Waals surface area contributed by atoms with Gasteiger partial charge in [-0.05, 0) is 42.2 Å². The number of hydrogen-bond donors (Lipinski definition) is 1. The lowest BCUT2D eigenvalue weighted by atomic mass is 10.2. The average Bonchev–Trinajstić information content (AvgIpc) is 3.05. The van der Waals surface area contributed by atoms with Crippen LogP contribution in [-0.2, 0) is 0 Å². The van der Waals surface area contributed by atoms with Crippen LogP contribution in [-0.4, -0.2) is 21.6 Å². The number of amides is 1. The summed E-state index contributed by atoms with van der Waals surface area (Å²) >= 11 is 3.14. The van der Waals surface area contributed by atoms with E-state index in [9.17, 15) is 4.79 Å². The molecule has 6 heteroatoms. The highest BCUT2D eigenvalue weighted by Crippen LogP contribution is 2.24. The van der Waals surface area contributed by atoms with Gasteiger partial charge in [-0.1, -0.05) is 13.0 Å². The quantitative estimate of drug-likeness (QED) is 0.691. The van der Waals surface area contributed by atoms with E-state index in [1.807, 2.05) is 47.8 Å². The van der Waals surface area contributed by atoms with Crippen LogP contribution in [0.2, 0.25) is 0 Å². The number of carbonyl (C=O) groups excluding carboxylic acids is 1. The van der Waals surface area contributed by atoms with Gasteiger partial charge in [0.25, 0.3) is 5.91 Å². The number of thioether (sulfide) groups is 1. The minimum atomic E-state index is -0.153. The second-order valence-electron chi connectivity index (χ2n) is 4.66. The maximum absolute atomic E-state index is 12.3. The van der Waals surface area contributed by atoms with Crippen LogP contribution in [0.3, 0.4) is 0 Å². The molecule has 1 aromatic carbocycles. The van der Waals surface area contributed by atoms with Gasteiger partial charge in [-0.3, -0.25) is 15.1 Å². The molecule has 116 valence electrons. The normalized spacial score (nSPS) is 10.5. The van der Waals surface area contributed by atoms with E-state index >= 15 is 0 Å². The fourth-order valence-corrected chi connectivity index (χ4v) is 3.36. The molecule has 2 heterocycles. The lowest BCUT2D eigenvalue weighted by molar-refractivity contribution is 0.102. The first-order valence-corrected chi connectivity index (χ1v) is 9.04. The molecular formula is C17H15N3OS2. The summed E-state index contributed by atoms with van der Waals surface area (Å²) in [6.07, 6.45) is 1.73. The van der Waals surface area contributed by atoms with Gasteiger partial charge in [-0.15, -0.1) is 23.1 Å². The van der Waals surface area contributed by atoms with Gasteiger partial charge in [0.15, 0.2) is 5.13 Å². The number of hydrogen-bond acceptors (Lipinski definition) is 5. The number of anilines is 1. The third-order valence-electron chi connectivity index (χ3n) is 3.08. The summed E-state index contributed by atoms with van der Waals surface area (Å²) in [6.45, 7) is 2.10. The van der Waals surface area contributed by atoms with Crippen molar-refractivity contribution in [3.05, 3.63) is 59.6 Å². The van der Waals surface area contributed by atoms with Gasteiger partial charge in [-0.25, -0.2) is 4.98 Å². The summed E-state index contributed by atoms with van der Waals surface area (Å²) in [4.78, 5) is 22.1. The highest BCUT2D eigenvalue weighted by Gasteiger charge is 2.10. The smallest absolute Gasteiger partial charge is 0.257 e. The highest BCUT2D eigenvalue weighted by atomic mass is 32.2. The van der Waals surface area contributed by atoms with Crippen LogP contribution < -0.4 is 5.32 Å². The van der Waals surface area contributed by atoms with Crippen molar-refractivity contribution in [2.75, 3.05) is 11.1 Å². The van der Waals surface area contributed by atoms with Gasteiger partial charge < -0.3 is 0 Å². The van der Waals surface area contributed by atoms with E-state index in [-0.39, 0.29) is 5.91 Å². The third kappa shape index (κ3) is 3.97. The van der Waals surface area contributed by atoms with Gasteiger partial charge in [-0.2, -0.15) is 0 Å². The zero-order valence-corrected chi connectivity index (χ0v) is 14.2. The van der Waals surface area contributed by atoms with E-state index in [1.54, 1.807) is 18.0 Å². The Balaban J connectivity index is 1.69. The second kappa shape index (κ2) is 7.39. The molecule has 1 N–H and O–H groups in total. The number of nitrogens with one attached hydrogen (secondary N) is 1. The van der Waals surface area contributed by atoms with Crippen LogP contribution >= 0.6 is 23.1 Å². The first-order valence-electron chi connectivity index (χ1n) is 7.17. The molecule has 0 atom stereocenters. The first-order chi connectivity index (χ1) is 11.3. The minimum Gasteiger partial charge on any atom is -0.298 e. The summed E-state index contributed by atoms with van der Waals surface area (Å²) in [6, 6.07) is 13.3. The zero-order chi connectivity index (χ0) is 16.1. The number of rotatable bonds is 5. The fraction of sp³-hybridized carbons (Fsp3) is 0.118. The highest BCUT2D eigenvalue weighted by molar-refractivity contribution is 7.99. The number of benzene rings is 1. The number of carbonyl (C=O) groups is 1. The van der Waals surface area contributed by atoms with Crippen molar-refractivity contribution in [1.82, 2.24) is 9.97 Å². The molecule has 0 unspecified atom stereocenters. The Hall–Kier alpha value is -2.18. The Kier molecular flexibility index (Phi) is 5.05. The fourth-order valence-electron chi connectivity index (χ4n) is 2.00. The molecule has 0 saturated carbocycles. The van der Waals surface area contributed by atoms with Crippen LogP contribution in [0.4, 0.5) is 5.13 Å². The van der Waals surface area contributed by atoms with Gasteiger partial charge in [0, 0.05) is 22.0 Å². The molecule has 2 aromatic heterocycles. The van der Waals surface area contributed by atoms with Crippen LogP contribution in [0.5, 0.6) is 0 Å². The van der Waals surface area contributed by atoms with E-state index in [4.69, 9.17) is 0 Å². The maximum Gasteiger partial charge on any atom is 0.257 e. The number of nitrogens with zero attached hydrogens (tertiary/aromatic N) is 2. The van der Waals surface area contributed by atoms with Crippen LogP contribution in [0.1, 0.15) is 17.3 Å². The van der Waals surface area contributed by atoms with Crippen molar-refractivity contribution in [2.45, 2.75) is 11.8 Å². The van der Waals surface area contributed by atoms with E-state index in [0.717, 1.165) is 22.0 Å². The Morgan fingerprint density at radius 1 is 1.17 bits per heavy atom. The Bertz CT molecular complexity index is 785. The van der Waals surface area contributed by atoms with Gasteiger partial charge >= 0.3 is 0 Å². The summed E-state index contributed by atoms with van der Waals surface area (Å²) in [5.41, 5.74) is 2.19. The van der Waals surface area contributed by atoms with Crippen molar-refractivity contribution < 1.29 is 4.79 Å². The van der Waals surface area contributed by atoms with Crippen molar-refractivity contribution >= 4 is 34.1 Å². The Morgan fingerprint density at radius 2 is 2.00 bits per heavy atom. The molecule has 0 bridgehead atoms. The largest absolute Gasteiger partial charge is 0.298 e. The molecule has 0 spiro atoms. The average molecular weight is 341 g/mol. The van der Waals surface area contributed by atoms with Gasteiger partial charge in [0.2, 0.25) is 0 Å². The molecule has 1 amide bonds. The van der Waals surface area contributed by atoms with E-state index in [2.05, 4.69) is 22.2 Å². The van der Waals surface area contributed by atoms with Crippen LogP contribution in [0, 0.1) is 0 Å². The first kappa shape index (κ1) is 15.7. The lowest BCUT2D eigenvalue weighted by Gasteiger charge is -2.03. The molecule has 23 heavy (non-hydrogen) atoms. The molecule has 0 fully saturated rings. The summed E-state index contributed by atoms with van der Waals surface area (Å²) in [5.74, 6) is 0.862. The monoisotopic (exact) mass is 341 g/mol. The molecule has 0 aliphatic rings. The van der Waals surface area contributed by atoms with E-state index in [0.29, 0.717) is 10.7 Å². The number of thiazole rings is 1. The maximum atomic E-state index is 12.3. The standard InChI is InChI=1S/C17H15N3OS2/c1-2-22-13-8-6-12(7-9-13)16(21)20-17-19-15(11-23-17)14-5-3-4-10-18-14/h3-11H,2H2,1H3,(H,19,20,21). The molecule has 0 saturated heterocycles. The van der Waals surface area contributed by atoms with Crippen LogP contribution in [0.25, 0.3) is 11.4 Å². The Morgan fingerprint density at radius 3 is 2.70 bits per heavy atom. The van der Waals surface area contributed by atoms with Crippen LogP contribution in [0.15, 0.2) is 58.9 Å². The number of aromatic nitrogens is 2. The number of pyridine rings is 1. The molecule has 0 aliphatic heterocycles. The zero-order valence-electron chi connectivity index (χ0n) is 12.5. The Labute approximate surface area is 143 Å². The molecular weight excluding hydrogens is 326 g/mol. The summed E-state index contributed by atoms with van der Waals surface area (Å²) in [7, 11) is 0. The third-order valence-corrected chi connectivity index (χ3v) is 4.73. The van der Waals surface area contributed by atoms with Crippen molar-refractivity contribution in [1.29, 1.82) is 0 Å². The van der Waals surface area contributed by atoms with Crippen molar-refractivity contribution in [2.24, 2.45) is 0 Å². The summed E-state index contributed by atoms with van der Waals surface area (Å²) < 4.78 is 0. The van der Waals surface area contributed by atoms with Crippen molar-refractivity contribution in [3.63, 3.8) is 0 Å². The van der Waals surface area contributed by atoms with E-state index < -0.39 is 0 Å².